The average Bonchev–Trinajstić information content (AvgIpc) is 3.38. The van der Waals surface area contributed by atoms with Crippen molar-refractivity contribution >= 4 is 34.3 Å². The molecule has 1 unspecified atom stereocenters. The van der Waals surface area contributed by atoms with Gasteiger partial charge in [0, 0.05) is 10.9 Å². The van der Waals surface area contributed by atoms with Crippen LogP contribution >= 0.6 is 11.3 Å². The van der Waals surface area contributed by atoms with Crippen molar-refractivity contribution in [2.75, 3.05) is 11.9 Å². The molecule has 7 nitrogen and oxygen atoms in total. The molecule has 2 N–H and O–H groups in total. The van der Waals surface area contributed by atoms with E-state index in [1.807, 2.05) is 36.6 Å². The van der Waals surface area contributed by atoms with Gasteiger partial charge in [0.05, 0.1) is 5.69 Å². The number of thiazole rings is 1. The van der Waals surface area contributed by atoms with Crippen LogP contribution in [0.1, 0.15) is 42.0 Å². The van der Waals surface area contributed by atoms with Crippen molar-refractivity contribution in [1.29, 1.82) is 0 Å². The quantitative estimate of drug-likeness (QED) is 0.536. The second-order valence-electron chi connectivity index (χ2n) is 9.09. The van der Waals surface area contributed by atoms with Gasteiger partial charge in [-0.25, -0.2) is 9.78 Å². The van der Waals surface area contributed by atoms with E-state index in [9.17, 15) is 14.4 Å². The Balaban J connectivity index is 1.26. The third-order valence-electron chi connectivity index (χ3n) is 6.60. The van der Waals surface area contributed by atoms with E-state index in [-0.39, 0.29) is 6.54 Å². The van der Waals surface area contributed by atoms with Crippen LogP contribution in [0.5, 0.6) is 0 Å². The van der Waals surface area contributed by atoms with Gasteiger partial charge in [-0.3, -0.25) is 14.5 Å². The van der Waals surface area contributed by atoms with Crippen molar-refractivity contribution in [3.63, 3.8) is 0 Å². The largest absolute Gasteiger partial charge is 0.325 e. The van der Waals surface area contributed by atoms with Crippen LogP contribution < -0.4 is 10.6 Å². The number of anilines is 1. The third kappa shape index (κ3) is 4.09. The van der Waals surface area contributed by atoms with E-state index in [1.165, 1.54) is 35.3 Å². The van der Waals surface area contributed by atoms with E-state index >= 15 is 0 Å². The number of fused-ring (bicyclic) bond motifs is 1. The van der Waals surface area contributed by atoms with E-state index in [1.54, 1.807) is 6.92 Å². The molecule has 0 radical (unpaired) electrons. The summed E-state index contributed by atoms with van der Waals surface area (Å²) in [6.07, 6.45) is 4.66. The molecule has 2 aromatic carbocycles. The van der Waals surface area contributed by atoms with Crippen LogP contribution in [0.25, 0.3) is 11.3 Å². The number of carbonyl (C=O) groups excluding carboxylic acids is 3. The highest BCUT2D eigenvalue weighted by Crippen LogP contribution is 2.31. The zero-order valence-electron chi connectivity index (χ0n) is 19.2. The second kappa shape index (κ2) is 8.68. The van der Waals surface area contributed by atoms with Crippen LogP contribution in [0, 0.1) is 6.92 Å². The smallest absolute Gasteiger partial charge is 0.319 e. The number of nitrogens with zero attached hydrogens (tertiary/aromatic N) is 2. The maximum Gasteiger partial charge on any atom is 0.325 e. The monoisotopic (exact) mass is 474 g/mol. The van der Waals surface area contributed by atoms with Crippen LogP contribution in [0.2, 0.25) is 0 Å². The van der Waals surface area contributed by atoms with Gasteiger partial charge in [0.1, 0.15) is 12.1 Å². The fourth-order valence-electron chi connectivity index (χ4n) is 4.58. The molecule has 34 heavy (non-hydrogen) atoms. The van der Waals surface area contributed by atoms with E-state index in [0.29, 0.717) is 10.7 Å². The summed E-state index contributed by atoms with van der Waals surface area (Å²) >= 11 is 1.32. The normalized spacial score (nSPS) is 19.6. The van der Waals surface area contributed by atoms with Gasteiger partial charge >= 0.3 is 6.03 Å². The Morgan fingerprint density at radius 2 is 1.85 bits per heavy atom. The predicted molar refractivity (Wildman–Crippen MR) is 132 cm³/mol. The fourth-order valence-corrected chi connectivity index (χ4v) is 5.32. The maximum atomic E-state index is 13.1. The first-order valence-corrected chi connectivity index (χ1v) is 12.3. The molecule has 5 rings (SSSR count). The number of hydrogen-bond acceptors (Lipinski definition) is 5. The van der Waals surface area contributed by atoms with E-state index in [0.717, 1.165) is 34.6 Å². The number of rotatable bonds is 5. The highest BCUT2D eigenvalue weighted by Gasteiger charge is 2.49. The lowest BCUT2D eigenvalue weighted by Gasteiger charge is -2.22. The van der Waals surface area contributed by atoms with Crippen LogP contribution in [-0.2, 0) is 28.0 Å². The molecular formula is C26H26N4O3S. The van der Waals surface area contributed by atoms with Gasteiger partial charge in [-0.2, -0.15) is 0 Å². The highest BCUT2D eigenvalue weighted by molar-refractivity contribution is 7.14. The van der Waals surface area contributed by atoms with Gasteiger partial charge < -0.3 is 10.6 Å². The van der Waals surface area contributed by atoms with Crippen molar-refractivity contribution in [2.45, 2.75) is 45.1 Å². The number of benzene rings is 2. The molecule has 4 amide bonds. The Hall–Kier alpha value is -3.52. The fraction of sp³-hybridized carbons (Fsp3) is 0.308. The SMILES string of the molecule is Cc1ccc(C2(C)NC(=O)N(CC(=O)Nc3nc(-c4ccc5c(c4)CCCC5)cs3)C2=O)cc1. The Bertz CT molecular complexity index is 1280. The third-order valence-corrected chi connectivity index (χ3v) is 7.36. The van der Waals surface area contributed by atoms with Crippen LogP contribution in [0.3, 0.4) is 0 Å². The summed E-state index contributed by atoms with van der Waals surface area (Å²) in [7, 11) is 0. The number of urea groups is 1. The first-order chi connectivity index (χ1) is 16.3. The summed E-state index contributed by atoms with van der Waals surface area (Å²) in [6, 6.07) is 13.2. The molecule has 0 spiro atoms. The number of hydrogen-bond donors (Lipinski definition) is 2. The Morgan fingerprint density at radius 3 is 2.62 bits per heavy atom. The summed E-state index contributed by atoms with van der Waals surface area (Å²) < 4.78 is 0. The molecular weight excluding hydrogens is 448 g/mol. The van der Waals surface area contributed by atoms with Crippen molar-refractivity contribution in [2.24, 2.45) is 0 Å². The van der Waals surface area contributed by atoms with Crippen LogP contribution in [0.15, 0.2) is 47.8 Å². The number of aromatic nitrogens is 1. The Kier molecular flexibility index (Phi) is 5.69. The molecule has 1 aromatic heterocycles. The molecule has 1 aliphatic carbocycles. The second-order valence-corrected chi connectivity index (χ2v) is 9.95. The maximum absolute atomic E-state index is 13.1. The number of aryl methyl sites for hydroxylation is 3. The molecule has 3 aromatic rings. The lowest BCUT2D eigenvalue weighted by atomic mass is 9.90. The molecule has 1 fully saturated rings. The molecule has 1 atom stereocenters. The molecule has 2 aliphatic rings. The Morgan fingerprint density at radius 1 is 1.12 bits per heavy atom. The summed E-state index contributed by atoms with van der Waals surface area (Å²) in [5.74, 6) is -0.923. The van der Waals surface area contributed by atoms with Gasteiger partial charge in [0.25, 0.3) is 5.91 Å². The molecule has 1 aliphatic heterocycles. The minimum absolute atomic E-state index is 0.375. The van der Waals surface area contributed by atoms with Crippen molar-refractivity contribution in [3.8, 4) is 11.3 Å². The number of amides is 4. The van der Waals surface area contributed by atoms with E-state index in [2.05, 4.69) is 33.8 Å². The van der Waals surface area contributed by atoms with Crippen molar-refractivity contribution in [3.05, 3.63) is 70.1 Å². The van der Waals surface area contributed by atoms with Crippen LogP contribution in [0.4, 0.5) is 9.93 Å². The van der Waals surface area contributed by atoms with Crippen molar-refractivity contribution < 1.29 is 14.4 Å². The Labute approximate surface area is 202 Å². The summed E-state index contributed by atoms with van der Waals surface area (Å²) in [5, 5.41) is 7.80. The molecule has 0 saturated carbocycles. The zero-order valence-corrected chi connectivity index (χ0v) is 20.0. The first-order valence-electron chi connectivity index (χ1n) is 11.4. The lowest BCUT2D eigenvalue weighted by Crippen LogP contribution is -2.42. The topological polar surface area (TPSA) is 91.4 Å². The van der Waals surface area contributed by atoms with Gasteiger partial charge in [-0.05, 0) is 62.3 Å². The van der Waals surface area contributed by atoms with Gasteiger partial charge in [-0.15, -0.1) is 11.3 Å². The standard InChI is InChI=1S/C26H26N4O3S/c1-16-7-11-20(12-8-16)26(2)23(32)30(25(33)29-26)14-22(31)28-24-27-21(15-34-24)19-10-9-17-5-3-4-6-18(17)13-19/h7-13,15H,3-6,14H2,1-2H3,(H,29,33)(H,27,28,31). The number of carbonyl (C=O) groups is 3. The average molecular weight is 475 g/mol. The lowest BCUT2D eigenvalue weighted by molar-refractivity contribution is -0.133. The number of nitrogens with one attached hydrogen (secondary N) is 2. The van der Waals surface area contributed by atoms with Gasteiger partial charge in [0.2, 0.25) is 5.91 Å². The van der Waals surface area contributed by atoms with Crippen molar-refractivity contribution in [1.82, 2.24) is 15.2 Å². The summed E-state index contributed by atoms with van der Waals surface area (Å²) in [6.45, 7) is 3.23. The van der Waals surface area contributed by atoms with Crippen LogP contribution in [-0.4, -0.2) is 34.3 Å². The minimum Gasteiger partial charge on any atom is -0.319 e. The first kappa shape index (κ1) is 22.3. The highest BCUT2D eigenvalue weighted by atomic mass is 32.1. The predicted octanol–water partition coefficient (Wildman–Crippen LogP) is 4.40. The summed E-state index contributed by atoms with van der Waals surface area (Å²) in [5.41, 5.74) is 5.14. The molecule has 1 saturated heterocycles. The molecule has 2 heterocycles. The zero-order chi connectivity index (χ0) is 23.9. The van der Waals surface area contributed by atoms with E-state index in [4.69, 9.17) is 0 Å². The summed E-state index contributed by atoms with van der Waals surface area (Å²) in [4.78, 5) is 43.8. The van der Waals surface area contributed by atoms with Gasteiger partial charge in [-0.1, -0.05) is 42.0 Å². The van der Waals surface area contributed by atoms with Gasteiger partial charge in [0.15, 0.2) is 5.13 Å². The molecule has 8 heteroatoms. The molecule has 0 bridgehead atoms. The minimum atomic E-state index is -1.20. The molecule has 174 valence electrons. The van der Waals surface area contributed by atoms with E-state index < -0.39 is 23.4 Å². The number of imide groups is 1.